The molecule has 3 rings (SSSR count). The molecule has 2 heterocycles. The molecule has 0 saturated carbocycles. The maximum absolute atomic E-state index is 12.8. The van der Waals surface area contributed by atoms with E-state index in [2.05, 4.69) is 20.5 Å². The van der Waals surface area contributed by atoms with Crippen molar-refractivity contribution in [3.8, 4) is 11.5 Å². The normalized spacial score (nSPS) is 11.5. The predicted octanol–water partition coefficient (Wildman–Crippen LogP) is 4.09. The van der Waals surface area contributed by atoms with Crippen LogP contribution in [0.2, 0.25) is 0 Å². The molecule has 0 spiro atoms. The molecule has 1 N–H and O–H groups in total. The molecular formula is C16H13F3N4O2S. The topological polar surface area (TPSA) is 80.9 Å². The molecule has 0 aliphatic rings. The summed E-state index contributed by atoms with van der Waals surface area (Å²) in [5, 5.41) is 12.5. The Balaban J connectivity index is 1.62. The minimum Gasteiger partial charge on any atom is -0.421 e. The highest BCUT2D eigenvalue weighted by atomic mass is 32.1. The van der Waals surface area contributed by atoms with Crippen molar-refractivity contribution in [3.63, 3.8) is 0 Å². The lowest BCUT2D eigenvalue weighted by molar-refractivity contribution is -0.137. The van der Waals surface area contributed by atoms with Gasteiger partial charge in [0.2, 0.25) is 17.7 Å². The number of nitrogens with one attached hydrogen (secondary N) is 1. The van der Waals surface area contributed by atoms with Crippen molar-refractivity contribution < 1.29 is 22.4 Å². The number of aryl methyl sites for hydroxylation is 2. The van der Waals surface area contributed by atoms with Gasteiger partial charge in [0, 0.05) is 23.8 Å². The van der Waals surface area contributed by atoms with Crippen LogP contribution in [-0.4, -0.2) is 21.1 Å². The zero-order valence-corrected chi connectivity index (χ0v) is 14.3. The summed E-state index contributed by atoms with van der Waals surface area (Å²) in [6, 6.07) is 4.62. The first-order valence-corrected chi connectivity index (χ1v) is 8.41. The number of halogens is 3. The molecule has 0 atom stereocenters. The van der Waals surface area contributed by atoms with E-state index in [-0.39, 0.29) is 36.1 Å². The molecule has 0 aliphatic carbocycles. The average molecular weight is 382 g/mol. The molecule has 136 valence electrons. The highest BCUT2D eigenvalue weighted by Crippen LogP contribution is 2.31. The number of carbonyl (C=O) groups excluding carboxylic acids is 1. The molecule has 0 unspecified atom stereocenters. The Kier molecular flexibility index (Phi) is 5.03. The first-order chi connectivity index (χ1) is 12.3. The van der Waals surface area contributed by atoms with Gasteiger partial charge in [0.05, 0.1) is 11.3 Å². The lowest BCUT2D eigenvalue weighted by atomic mass is 10.1. The van der Waals surface area contributed by atoms with Crippen LogP contribution in [0.4, 0.5) is 18.3 Å². The molecule has 10 heteroatoms. The van der Waals surface area contributed by atoms with Crippen LogP contribution in [0.15, 0.2) is 34.1 Å². The van der Waals surface area contributed by atoms with Crippen molar-refractivity contribution in [2.24, 2.45) is 0 Å². The zero-order valence-electron chi connectivity index (χ0n) is 13.5. The number of carbonyl (C=O) groups is 1. The molecule has 0 saturated heterocycles. The fourth-order valence-corrected chi connectivity index (χ4v) is 2.82. The molecule has 0 aliphatic heterocycles. The Morgan fingerprint density at radius 1 is 1.31 bits per heavy atom. The Morgan fingerprint density at radius 2 is 2.12 bits per heavy atom. The fraction of sp³-hybridized carbons (Fsp3) is 0.250. The summed E-state index contributed by atoms with van der Waals surface area (Å²) < 4.78 is 43.7. The van der Waals surface area contributed by atoms with Gasteiger partial charge in [-0.1, -0.05) is 6.07 Å². The van der Waals surface area contributed by atoms with Gasteiger partial charge in [-0.15, -0.1) is 21.5 Å². The smallest absolute Gasteiger partial charge is 0.416 e. The van der Waals surface area contributed by atoms with Gasteiger partial charge in [-0.3, -0.25) is 4.79 Å². The van der Waals surface area contributed by atoms with E-state index in [1.807, 2.05) is 12.3 Å². The fourth-order valence-electron chi connectivity index (χ4n) is 2.11. The maximum Gasteiger partial charge on any atom is 0.416 e. The predicted molar refractivity (Wildman–Crippen MR) is 88.5 cm³/mol. The maximum atomic E-state index is 12.8. The number of thiazole rings is 1. The van der Waals surface area contributed by atoms with E-state index >= 15 is 0 Å². The molecule has 3 aromatic rings. The minimum absolute atomic E-state index is 0.0259. The van der Waals surface area contributed by atoms with Crippen LogP contribution < -0.4 is 5.32 Å². The molecule has 26 heavy (non-hydrogen) atoms. The Labute approximate surface area is 150 Å². The van der Waals surface area contributed by atoms with Crippen molar-refractivity contribution in [2.45, 2.75) is 25.9 Å². The summed E-state index contributed by atoms with van der Waals surface area (Å²) in [6.07, 6.45) is -4.20. The van der Waals surface area contributed by atoms with Crippen molar-refractivity contribution in [3.05, 3.63) is 46.8 Å². The van der Waals surface area contributed by atoms with Gasteiger partial charge in [0.15, 0.2) is 5.13 Å². The lowest BCUT2D eigenvalue weighted by Crippen LogP contribution is -2.12. The zero-order chi connectivity index (χ0) is 18.7. The summed E-state index contributed by atoms with van der Waals surface area (Å²) in [5.41, 5.74) is 0.182. The van der Waals surface area contributed by atoms with Crippen LogP contribution in [0.25, 0.3) is 11.5 Å². The first-order valence-electron chi connectivity index (χ1n) is 7.53. The van der Waals surface area contributed by atoms with Gasteiger partial charge in [-0.05, 0) is 25.1 Å². The van der Waals surface area contributed by atoms with Crippen LogP contribution in [0, 0.1) is 6.92 Å². The third-order valence-electron chi connectivity index (χ3n) is 3.33. The molecule has 1 amide bonds. The van der Waals surface area contributed by atoms with Gasteiger partial charge in [0.25, 0.3) is 0 Å². The number of hydrogen-bond acceptors (Lipinski definition) is 6. The second-order valence-electron chi connectivity index (χ2n) is 5.42. The number of amides is 1. The molecule has 6 nitrogen and oxygen atoms in total. The largest absolute Gasteiger partial charge is 0.421 e. The SMILES string of the molecule is Cc1csc(NC(=O)CCc2nnc(-c3cccc(C(F)(F)F)c3)o2)n1. The highest BCUT2D eigenvalue weighted by Gasteiger charge is 2.30. The Hall–Kier alpha value is -2.75. The molecule has 0 fully saturated rings. The van der Waals surface area contributed by atoms with Gasteiger partial charge in [-0.2, -0.15) is 13.2 Å². The Bertz CT molecular complexity index is 920. The summed E-state index contributed by atoms with van der Waals surface area (Å²) in [5.74, 6) is -0.122. The third-order valence-corrected chi connectivity index (χ3v) is 4.21. The number of benzene rings is 1. The minimum atomic E-state index is -4.45. The van der Waals surface area contributed by atoms with Crippen molar-refractivity contribution in [2.75, 3.05) is 5.32 Å². The second kappa shape index (κ2) is 7.24. The van der Waals surface area contributed by atoms with Crippen LogP contribution in [0.1, 0.15) is 23.6 Å². The number of rotatable bonds is 5. The lowest BCUT2D eigenvalue weighted by Gasteiger charge is -2.06. The van der Waals surface area contributed by atoms with Gasteiger partial charge in [0.1, 0.15) is 0 Å². The molecule has 2 aromatic heterocycles. The number of alkyl halides is 3. The number of anilines is 1. The van der Waals surface area contributed by atoms with Crippen molar-refractivity contribution in [1.29, 1.82) is 0 Å². The van der Waals surface area contributed by atoms with Crippen LogP contribution >= 0.6 is 11.3 Å². The summed E-state index contributed by atoms with van der Waals surface area (Å²) in [7, 11) is 0. The van der Waals surface area contributed by atoms with E-state index in [0.29, 0.717) is 5.13 Å². The monoisotopic (exact) mass is 382 g/mol. The van der Waals surface area contributed by atoms with E-state index in [9.17, 15) is 18.0 Å². The molecular weight excluding hydrogens is 369 g/mol. The van der Waals surface area contributed by atoms with E-state index in [0.717, 1.165) is 17.8 Å². The van der Waals surface area contributed by atoms with Gasteiger partial charge < -0.3 is 9.73 Å². The third kappa shape index (κ3) is 4.45. The van der Waals surface area contributed by atoms with E-state index in [1.54, 1.807) is 0 Å². The van der Waals surface area contributed by atoms with Gasteiger partial charge in [-0.25, -0.2) is 4.98 Å². The number of aromatic nitrogens is 3. The van der Waals surface area contributed by atoms with Crippen molar-refractivity contribution in [1.82, 2.24) is 15.2 Å². The van der Waals surface area contributed by atoms with E-state index in [1.165, 1.54) is 23.5 Å². The molecule has 1 aromatic carbocycles. The second-order valence-corrected chi connectivity index (χ2v) is 6.28. The standard InChI is InChI=1S/C16H13F3N4O2S/c1-9-8-26-15(20-9)21-12(24)5-6-13-22-23-14(25-13)10-3-2-4-11(7-10)16(17,18)19/h2-4,7-8H,5-6H2,1H3,(H,20,21,24). The average Bonchev–Trinajstić information content (AvgIpc) is 3.21. The van der Waals surface area contributed by atoms with Crippen LogP contribution in [0.3, 0.4) is 0 Å². The van der Waals surface area contributed by atoms with Crippen molar-refractivity contribution >= 4 is 22.4 Å². The Morgan fingerprint density at radius 3 is 2.81 bits per heavy atom. The summed E-state index contributed by atoms with van der Waals surface area (Å²) in [6.45, 7) is 1.82. The van der Waals surface area contributed by atoms with Crippen LogP contribution in [-0.2, 0) is 17.4 Å². The number of nitrogens with zero attached hydrogens (tertiary/aromatic N) is 3. The van der Waals surface area contributed by atoms with E-state index < -0.39 is 11.7 Å². The molecule has 0 bridgehead atoms. The summed E-state index contributed by atoms with van der Waals surface area (Å²) in [4.78, 5) is 16.0. The number of hydrogen-bond donors (Lipinski definition) is 1. The van der Waals surface area contributed by atoms with E-state index in [4.69, 9.17) is 4.42 Å². The van der Waals surface area contributed by atoms with Gasteiger partial charge >= 0.3 is 6.18 Å². The van der Waals surface area contributed by atoms with Crippen LogP contribution in [0.5, 0.6) is 0 Å². The molecule has 0 radical (unpaired) electrons. The first kappa shape index (κ1) is 18.1. The summed E-state index contributed by atoms with van der Waals surface area (Å²) >= 11 is 1.32. The quantitative estimate of drug-likeness (QED) is 0.719. The highest BCUT2D eigenvalue weighted by molar-refractivity contribution is 7.13.